The lowest BCUT2D eigenvalue weighted by Crippen LogP contribution is -2.25. The molecule has 1 aliphatic rings. The first kappa shape index (κ1) is 11.2. The molecule has 1 aromatic carbocycles. The second kappa shape index (κ2) is 4.38. The Hall–Kier alpha value is -0.950. The first-order valence-electron chi connectivity index (χ1n) is 5.47. The minimum absolute atomic E-state index is 0.105. The lowest BCUT2D eigenvalue weighted by Gasteiger charge is -2.20. The zero-order valence-corrected chi connectivity index (χ0v) is 11.2. The van der Waals surface area contributed by atoms with Crippen molar-refractivity contribution >= 4 is 22.6 Å². The predicted octanol–water partition coefficient (Wildman–Crippen LogP) is 2.47. The molecule has 1 aliphatic heterocycles. The second-order valence-corrected chi connectivity index (χ2v) is 5.24. The van der Waals surface area contributed by atoms with Crippen LogP contribution in [0.4, 0.5) is 4.39 Å². The average molecular weight is 343 g/mol. The number of fused-ring (bicyclic) bond motifs is 1. The van der Waals surface area contributed by atoms with E-state index in [2.05, 4.69) is 38.1 Å². The maximum Gasteiger partial charge on any atom is 0.136 e. The molecule has 3 nitrogen and oxygen atoms in total. The van der Waals surface area contributed by atoms with E-state index in [1.54, 1.807) is 12.3 Å². The predicted molar refractivity (Wildman–Crippen MR) is 72.1 cm³/mol. The highest BCUT2D eigenvalue weighted by Crippen LogP contribution is 2.31. The van der Waals surface area contributed by atoms with Crippen molar-refractivity contribution < 1.29 is 4.39 Å². The Morgan fingerprint density at radius 2 is 2.24 bits per heavy atom. The minimum atomic E-state index is -0.105. The first-order valence-corrected chi connectivity index (χ1v) is 6.55. The van der Waals surface area contributed by atoms with Crippen LogP contribution in [0, 0.1) is 9.39 Å². The van der Waals surface area contributed by atoms with E-state index in [4.69, 9.17) is 0 Å². The number of aromatic amines is 1. The van der Waals surface area contributed by atoms with E-state index in [1.165, 1.54) is 0 Å². The van der Waals surface area contributed by atoms with Gasteiger partial charge in [0.15, 0.2) is 0 Å². The Bertz CT molecular complexity index is 551. The molecule has 0 unspecified atom stereocenters. The third-order valence-electron chi connectivity index (χ3n) is 3.07. The summed E-state index contributed by atoms with van der Waals surface area (Å²) in [5, 5.41) is 9.97. The quantitative estimate of drug-likeness (QED) is 0.781. The van der Waals surface area contributed by atoms with Gasteiger partial charge in [-0.25, -0.2) is 4.39 Å². The van der Waals surface area contributed by atoms with Crippen LogP contribution in [-0.2, 0) is 13.0 Å². The number of nitrogens with zero attached hydrogens (tertiary/aromatic N) is 1. The van der Waals surface area contributed by atoms with Gasteiger partial charge in [0.25, 0.3) is 0 Å². The fourth-order valence-electron chi connectivity index (χ4n) is 2.20. The van der Waals surface area contributed by atoms with Crippen molar-refractivity contribution in [3.63, 3.8) is 0 Å². The van der Waals surface area contributed by atoms with Gasteiger partial charge in [0, 0.05) is 21.9 Å². The molecule has 17 heavy (non-hydrogen) atoms. The zero-order valence-electron chi connectivity index (χ0n) is 9.06. The van der Waals surface area contributed by atoms with Gasteiger partial charge >= 0.3 is 0 Å². The molecule has 0 saturated carbocycles. The molecule has 2 aromatic rings. The molecule has 2 N–H and O–H groups in total. The molecule has 0 atom stereocenters. The number of hydrogen-bond donors (Lipinski definition) is 2. The van der Waals surface area contributed by atoms with E-state index in [9.17, 15) is 4.39 Å². The first-order chi connectivity index (χ1) is 8.27. The SMILES string of the molecule is Fc1c(-c2ccn[nH]2)cc(I)c2c1CCNC2. The van der Waals surface area contributed by atoms with Crippen molar-refractivity contribution in [2.45, 2.75) is 13.0 Å². The largest absolute Gasteiger partial charge is 0.312 e. The third kappa shape index (κ3) is 1.87. The van der Waals surface area contributed by atoms with Crippen LogP contribution in [0.2, 0.25) is 0 Å². The van der Waals surface area contributed by atoms with Gasteiger partial charge in [-0.3, -0.25) is 5.10 Å². The highest BCUT2D eigenvalue weighted by Gasteiger charge is 2.20. The van der Waals surface area contributed by atoms with Gasteiger partial charge in [0.1, 0.15) is 5.82 Å². The summed E-state index contributed by atoms with van der Waals surface area (Å²) in [6.07, 6.45) is 2.39. The van der Waals surface area contributed by atoms with Crippen molar-refractivity contribution in [2.24, 2.45) is 0 Å². The smallest absolute Gasteiger partial charge is 0.136 e. The third-order valence-corrected chi connectivity index (χ3v) is 4.03. The number of aromatic nitrogens is 2. The fraction of sp³-hybridized carbons (Fsp3) is 0.250. The molecule has 1 aromatic heterocycles. The molecular formula is C12H11FIN3. The number of halogens is 2. The molecule has 0 aliphatic carbocycles. The molecule has 88 valence electrons. The average Bonchev–Trinajstić information content (AvgIpc) is 2.87. The Labute approximate surface area is 112 Å². The molecular weight excluding hydrogens is 332 g/mol. The maximum absolute atomic E-state index is 14.4. The highest BCUT2D eigenvalue weighted by atomic mass is 127. The van der Waals surface area contributed by atoms with E-state index >= 15 is 0 Å². The molecule has 3 rings (SSSR count). The summed E-state index contributed by atoms with van der Waals surface area (Å²) in [7, 11) is 0. The zero-order chi connectivity index (χ0) is 11.8. The van der Waals surface area contributed by atoms with Gasteiger partial charge in [0.2, 0.25) is 0 Å². The summed E-state index contributed by atoms with van der Waals surface area (Å²) in [5.74, 6) is -0.105. The van der Waals surface area contributed by atoms with Crippen LogP contribution in [0.25, 0.3) is 11.3 Å². The van der Waals surface area contributed by atoms with Crippen molar-refractivity contribution in [1.29, 1.82) is 0 Å². The normalized spacial score (nSPS) is 14.7. The summed E-state index contributed by atoms with van der Waals surface area (Å²) >= 11 is 2.27. The summed E-state index contributed by atoms with van der Waals surface area (Å²) in [6.45, 7) is 1.60. The van der Waals surface area contributed by atoms with Gasteiger partial charge in [-0.05, 0) is 58.8 Å². The van der Waals surface area contributed by atoms with E-state index in [1.807, 2.05) is 6.07 Å². The highest BCUT2D eigenvalue weighted by molar-refractivity contribution is 14.1. The molecule has 0 bridgehead atoms. The molecule has 0 fully saturated rings. The lowest BCUT2D eigenvalue weighted by atomic mass is 9.96. The summed E-state index contributed by atoms with van der Waals surface area (Å²) in [4.78, 5) is 0. The van der Waals surface area contributed by atoms with Crippen LogP contribution < -0.4 is 5.32 Å². The van der Waals surface area contributed by atoms with Gasteiger partial charge in [-0.1, -0.05) is 0 Å². The van der Waals surface area contributed by atoms with Gasteiger partial charge < -0.3 is 5.32 Å². The van der Waals surface area contributed by atoms with Crippen LogP contribution in [0.15, 0.2) is 18.3 Å². The van der Waals surface area contributed by atoms with Gasteiger partial charge in [-0.15, -0.1) is 0 Å². The summed E-state index contributed by atoms with van der Waals surface area (Å²) in [6, 6.07) is 3.68. The van der Waals surface area contributed by atoms with Crippen LogP contribution >= 0.6 is 22.6 Å². The van der Waals surface area contributed by atoms with Gasteiger partial charge in [-0.2, -0.15) is 5.10 Å². The van der Waals surface area contributed by atoms with E-state index in [-0.39, 0.29) is 5.82 Å². The molecule has 0 spiro atoms. The molecule has 0 radical (unpaired) electrons. The van der Waals surface area contributed by atoms with E-state index in [0.29, 0.717) is 5.56 Å². The Morgan fingerprint density at radius 3 is 3.00 bits per heavy atom. The number of rotatable bonds is 1. The van der Waals surface area contributed by atoms with Crippen LogP contribution in [-0.4, -0.2) is 16.7 Å². The summed E-state index contributed by atoms with van der Waals surface area (Å²) < 4.78 is 15.5. The molecule has 0 amide bonds. The number of nitrogens with one attached hydrogen (secondary N) is 2. The van der Waals surface area contributed by atoms with Crippen molar-refractivity contribution in [3.8, 4) is 11.3 Å². The van der Waals surface area contributed by atoms with Crippen LogP contribution in [0.3, 0.4) is 0 Å². The van der Waals surface area contributed by atoms with Crippen molar-refractivity contribution in [2.75, 3.05) is 6.54 Å². The lowest BCUT2D eigenvalue weighted by molar-refractivity contribution is 0.569. The van der Waals surface area contributed by atoms with Crippen LogP contribution in [0.1, 0.15) is 11.1 Å². The Morgan fingerprint density at radius 1 is 1.35 bits per heavy atom. The van der Waals surface area contributed by atoms with E-state index < -0.39 is 0 Å². The summed E-state index contributed by atoms with van der Waals surface area (Å²) in [5.41, 5.74) is 3.30. The standard InChI is InChI=1S/C12H11FIN3/c13-12-7-1-3-15-6-9(7)10(14)5-8(12)11-2-4-16-17-11/h2,4-5,15H,1,3,6H2,(H,16,17). The molecule has 5 heteroatoms. The number of hydrogen-bond acceptors (Lipinski definition) is 2. The molecule has 2 heterocycles. The Kier molecular flexibility index (Phi) is 2.87. The number of H-pyrrole nitrogens is 1. The van der Waals surface area contributed by atoms with Crippen LogP contribution in [0.5, 0.6) is 0 Å². The second-order valence-electron chi connectivity index (χ2n) is 4.07. The van der Waals surface area contributed by atoms with Gasteiger partial charge in [0.05, 0.1) is 5.69 Å². The fourth-order valence-corrected chi connectivity index (χ4v) is 3.02. The van der Waals surface area contributed by atoms with Crippen molar-refractivity contribution in [3.05, 3.63) is 38.8 Å². The minimum Gasteiger partial charge on any atom is -0.312 e. The maximum atomic E-state index is 14.4. The van der Waals surface area contributed by atoms with Crippen molar-refractivity contribution in [1.82, 2.24) is 15.5 Å². The Balaban J connectivity index is 2.21. The van der Waals surface area contributed by atoms with E-state index in [0.717, 1.165) is 39.9 Å². The monoisotopic (exact) mass is 343 g/mol. The molecule has 0 saturated heterocycles. The number of benzene rings is 1. The topological polar surface area (TPSA) is 40.7 Å².